The van der Waals surface area contributed by atoms with E-state index in [1.807, 2.05) is 22.2 Å². The van der Waals surface area contributed by atoms with Gasteiger partial charge in [-0.1, -0.05) is 18.9 Å². The Hall–Kier alpha value is -1.71. The Morgan fingerprint density at radius 2 is 1.89 bits per heavy atom. The van der Waals surface area contributed by atoms with Crippen molar-refractivity contribution in [3.05, 3.63) is 23.7 Å². The highest BCUT2D eigenvalue weighted by Crippen LogP contribution is 2.35. The van der Waals surface area contributed by atoms with Crippen LogP contribution in [0.15, 0.2) is 28.6 Å². The van der Waals surface area contributed by atoms with Crippen molar-refractivity contribution in [1.29, 1.82) is 0 Å². The van der Waals surface area contributed by atoms with Gasteiger partial charge in [0, 0.05) is 39.3 Å². The Bertz CT molecular complexity index is 907. The molecule has 0 N–H and O–H groups in total. The van der Waals surface area contributed by atoms with Crippen LogP contribution in [0.25, 0.3) is 10.6 Å². The lowest BCUT2D eigenvalue weighted by atomic mass is 10.3. The predicted octanol–water partition coefficient (Wildman–Crippen LogP) is 2.58. The molecule has 1 aliphatic heterocycles. The number of hydrogen-bond donors (Lipinski definition) is 0. The molecule has 1 amide bonds. The van der Waals surface area contributed by atoms with Crippen LogP contribution in [0.3, 0.4) is 0 Å². The van der Waals surface area contributed by atoms with Crippen LogP contribution < -0.4 is 0 Å². The second kappa shape index (κ2) is 7.37. The molecule has 0 radical (unpaired) electrons. The van der Waals surface area contributed by atoms with Crippen molar-refractivity contribution in [2.45, 2.75) is 43.5 Å². The molecule has 2 aromatic rings. The zero-order valence-electron chi connectivity index (χ0n) is 15.4. The first-order valence-electron chi connectivity index (χ1n) is 9.35. The summed E-state index contributed by atoms with van der Waals surface area (Å²) in [5, 5.41) is 6.63. The standard InChI is InChI=1S/C18H24N4O3S2/c1-14(23)20-8-10-21(11-9-20)27(24,25)17-13-22(15-5-2-3-6-15)19-18(17)16-7-4-12-26-16/h4,7,12-13,15H,2-3,5-6,8-11H2,1H3. The number of amides is 1. The van der Waals surface area contributed by atoms with E-state index in [9.17, 15) is 13.2 Å². The lowest BCUT2D eigenvalue weighted by molar-refractivity contribution is -0.129. The number of carbonyl (C=O) groups is 1. The van der Waals surface area contributed by atoms with Crippen molar-refractivity contribution < 1.29 is 13.2 Å². The maximum atomic E-state index is 13.4. The molecule has 0 atom stereocenters. The summed E-state index contributed by atoms with van der Waals surface area (Å²) >= 11 is 1.50. The molecule has 4 rings (SSSR count). The molecule has 27 heavy (non-hydrogen) atoms. The molecule has 3 heterocycles. The van der Waals surface area contributed by atoms with Gasteiger partial charge in [-0.15, -0.1) is 11.3 Å². The molecule has 0 aromatic carbocycles. The van der Waals surface area contributed by atoms with E-state index >= 15 is 0 Å². The van der Waals surface area contributed by atoms with E-state index in [-0.39, 0.29) is 16.8 Å². The molecule has 0 unspecified atom stereocenters. The Morgan fingerprint density at radius 1 is 1.19 bits per heavy atom. The summed E-state index contributed by atoms with van der Waals surface area (Å²) < 4.78 is 30.1. The van der Waals surface area contributed by atoms with Crippen molar-refractivity contribution in [2.24, 2.45) is 0 Å². The summed E-state index contributed by atoms with van der Waals surface area (Å²) in [6.07, 6.45) is 6.13. The minimum atomic E-state index is -3.66. The lowest BCUT2D eigenvalue weighted by Crippen LogP contribution is -2.49. The molecule has 2 aromatic heterocycles. The van der Waals surface area contributed by atoms with Gasteiger partial charge in [0.05, 0.1) is 10.9 Å². The largest absolute Gasteiger partial charge is 0.340 e. The van der Waals surface area contributed by atoms with E-state index in [1.165, 1.54) is 22.6 Å². The van der Waals surface area contributed by atoms with Crippen LogP contribution in [-0.4, -0.2) is 59.5 Å². The van der Waals surface area contributed by atoms with Crippen LogP contribution in [0.2, 0.25) is 0 Å². The number of piperazine rings is 1. The van der Waals surface area contributed by atoms with Crippen molar-refractivity contribution in [2.75, 3.05) is 26.2 Å². The van der Waals surface area contributed by atoms with Gasteiger partial charge in [0.15, 0.2) is 0 Å². The van der Waals surface area contributed by atoms with Crippen LogP contribution in [0.4, 0.5) is 0 Å². The van der Waals surface area contributed by atoms with Crippen molar-refractivity contribution in [3.8, 4) is 10.6 Å². The molecule has 2 fully saturated rings. The lowest BCUT2D eigenvalue weighted by Gasteiger charge is -2.33. The quantitative estimate of drug-likeness (QED) is 0.779. The van der Waals surface area contributed by atoms with Crippen molar-refractivity contribution >= 4 is 27.3 Å². The predicted molar refractivity (Wildman–Crippen MR) is 104 cm³/mol. The number of carbonyl (C=O) groups excluding carboxylic acids is 1. The fraction of sp³-hybridized carbons (Fsp3) is 0.556. The molecule has 0 spiro atoms. The zero-order chi connectivity index (χ0) is 19.0. The summed E-state index contributed by atoms with van der Waals surface area (Å²) in [4.78, 5) is 14.4. The Kier molecular flexibility index (Phi) is 5.09. The monoisotopic (exact) mass is 408 g/mol. The highest BCUT2D eigenvalue weighted by Gasteiger charge is 2.34. The zero-order valence-corrected chi connectivity index (χ0v) is 17.0. The minimum Gasteiger partial charge on any atom is -0.340 e. The van der Waals surface area contributed by atoms with Gasteiger partial charge in [0.2, 0.25) is 15.9 Å². The smallest absolute Gasteiger partial charge is 0.246 e. The van der Waals surface area contributed by atoms with Gasteiger partial charge in [-0.05, 0) is 24.3 Å². The molecule has 1 aliphatic carbocycles. The number of hydrogen-bond acceptors (Lipinski definition) is 5. The number of rotatable bonds is 4. The van der Waals surface area contributed by atoms with E-state index < -0.39 is 10.0 Å². The molecule has 146 valence electrons. The maximum absolute atomic E-state index is 13.4. The summed E-state index contributed by atoms with van der Waals surface area (Å²) in [7, 11) is -3.66. The van der Waals surface area contributed by atoms with E-state index in [0.29, 0.717) is 31.9 Å². The van der Waals surface area contributed by atoms with Crippen molar-refractivity contribution in [3.63, 3.8) is 0 Å². The summed E-state index contributed by atoms with van der Waals surface area (Å²) in [6, 6.07) is 4.11. The summed E-state index contributed by atoms with van der Waals surface area (Å²) in [5.74, 6) is -0.0135. The van der Waals surface area contributed by atoms with Crippen LogP contribution >= 0.6 is 11.3 Å². The van der Waals surface area contributed by atoms with Gasteiger partial charge in [-0.2, -0.15) is 9.40 Å². The molecule has 7 nitrogen and oxygen atoms in total. The molecular weight excluding hydrogens is 384 g/mol. The normalized spacial score (nSPS) is 19.7. The summed E-state index contributed by atoms with van der Waals surface area (Å²) in [6.45, 7) is 3.02. The average molecular weight is 409 g/mol. The van der Waals surface area contributed by atoms with E-state index in [2.05, 4.69) is 0 Å². The SMILES string of the molecule is CC(=O)N1CCN(S(=O)(=O)c2cn(C3CCCC3)nc2-c2cccs2)CC1. The second-order valence-corrected chi connectivity index (χ2v) is 10.0. The molecule has 0 bridgehead atoms. The second-order valence-electron chi connectivity index (χ2n) is 7.15. The number of thiophene rings is 1. The van der Waals surface area contributed by atoms with E-state index in [1.54, 1.807) is 11.1 Å². The third kappa shape index (κ3) is 3.55. The topological polar surface area (TPSA) is 75.5 Å². The first-order valence-corrected chi connectivity index (χ1v) is 11.7. The van der Waals surface area contributed by atoms with Crippen molar-refractivity contribution in [1.82, 2.24) is 19.0 Å². The number of sulfonamides is 1. The molecule has 9 heteroatoms. The maximum Gasteiger partial charge on any atom is 0.246 e. The highest BCUT2D eigenvalue weighted by atomic mass is 32.2. The Morgan fingerprint density at radius 3 is 2.48 bits per heavy atom. The molecule has 1 saturated heterocycles. The fourth-order valence-corrected chi connectivity index (χ4v) is 6.23. The third-order valence-electron chi connectivity index (χ3n) is 5.45. The van der Waals surface area contributed by atoms with Gasteiger partial charge < -0.3 is 4.90 Å². The van der Waals surface area contributed by atoms with Gasteiger partial charge in [0.25, 0.3) is 0 Å². The average Bonchev–Trinajstić information content (AvgIpc) is 3.41. The van der Waals surface area contributed by atoms with Crippen LogP contribution in [0.5, 0.6) is 0 Å². The Balaban J connectivity index is 1.68. The molecular formula is C18H24N4O3S2. The first kappa shape index (κ1) is 18.6. The van der Waals surface area contributed by atoms with Crippen LogP contribution in [0, 0.1) is 0 Å². The minimum absolute atomic E-state index is 0.0135. The van der Waals surface area contributed by atoms with Gasteiger partial charge in [0.1, 0.15) is 10.6 Å². The number of aromatic nitrogens is 2. The Labute approximate surface area is 163 Å². The first-order chi connectivity index (χ1) is 13.0. The van der Waals surface area contributed by atoms with Crippen LogP contribution in [0.1, 0.15) is 38.6 Å². The van der Waals surface area contributed by atoms with Gasteiger partial charge >= 0.3 is 0 Å². The summed E-state index contributed by atoms with van der Waals surface area (Å²) in [5.41, 5.74) is 0.547. The molecule has 1 saturated carbocycles. The van der Waals surface area contributed by atoms with Gasteiger partial charge in [-0.25, -0.2) is 8.42 Å². The van der Waals surface area contributed by atoms with Gasteiger partial charge in [-0.3, -0.25) is 9.48 Å². The third-order valence-corrected chi connectivity index (χ3v) is 8.23. The van der Waals surface area contributed by atoms with E-state index in [4.69, 9.17) is 5.10 Å². The molecule has 2 aliphatic rings. The highest BCUT2D eigenvalue weighted by molar-refractivity contribution is 7.89. The number of nitrogens with zero attached hydrogens (tertiary/aromatic N) is 4. The van der Waals surface area contributed by atoms with Crippen LogP contribution in [-0.2, 0) is 14.8 Å². The fourth-order valence-electron chi connectivity index (χ4n) is 3.89. The van der Waals surface area contributed by atoms with E-state index in [0.717, 1.165) is 30.6 Å².